The lowest BCUT2D eigenvalue weighted by Crippen LogP contribution is -2.18. The Morgan fingerprint density at radius 3 is 2.50 bits per heavy atom. The maximum Gasteiger partial charge on any atom is 0.176 e. The number of carbonyl (C=O) groups excluding carboxylic acids is 1. The highest BCUT2D eigenvalue weighted by Gasteiger charge is 2.23. The zero-order valence-corrected chi connectivity index (χ0v) is 8.42. The second-order valence-electron chi connectivity index (χ2n) is 3.85. The van der Waals surface area contributed by atoms with Gasteiger partial charge >= 0.3 is 0 Å². The van der Waals surface area contributed by atoms with Crippen molar-refractivity contribution in [2.24, 2.45) is 0 Å². The summed E-state index contributed by atoms with van der Waals surface area (Å²) in [6.45, 7) is 0.419. The monoisotopic (exact) mass is 189 g/mol. The van der Waals surface area contributed by atoms with E-state index in [2.05, 4.69) is 17.4 Å². The normalized spacial score (nSPS) is 15.5. The van der Waals surface area contributed by atoms with Crippen molar-refractivity contribution < 1.29 is 4.79 Å². The minimum atomic E-state index is 0.162. The SMILES string of the molecule is CNCC(=O)c1ccc(C2CC2)cc1. The Kier molecular flexibility index (Phi) is 2.64. The lowest BCUT2D eigenvalue weighted by Gasteiger charge is -2.01. The third-order valence-corrected chi connectivity index (χ3v) is 2.62. The molecule has 74 valence electrons. The highest BCUT2D eigenvalue weighted by atomic mass is 16.1. The molecule has 0 aliphatic heterocycles. The standard InChI is InChI=1S/C12H15NO/c1-13-8-12(14)11-6-4-10(5-7-11)9-2-3-9/h4-7,9,13H,2-3,8H2,1H3. The Morgan fingerprint density at radius 1 is 1.36 bits per heavy atom. The first-order valence-corrected chi connectivity index (χ1v) is 5.09. The fourth-order valence-corrected chi connectivity index (χ4v) is 1.62. The molecule has 0 atom stereocenters. The van der Waals surface area contributed by atoms with Gasteiger partial charge in [0.1, 0.15) is 0 Å². The van der Waals surface area contributed by atoms with Crippen LogP contribution in [-0.4, -0.2) is 19.4 Å². The third-order valence-electron chi connectivity index (χ3n) is 2.62. The highest BCUT2D eigenvalue weighted by molar-refractivity contribution is 5.97. The number of benzene rings is 1. The summed E-state index contributed by atoms with van der Waals surface area (Å²) in [7, 11) is 1.79. The summed E-state index contributed by atoms with van der Waals surface area (Å²) in [5.41, 5.74) is 2.19. The van der Waals surface area contributed by atoms with E-state index in [-0.39, 0.29) is 5.78 Å². The number of ketones is 1. The molecule has 0 heterocycles. The van der Waals surface area contributed by atoms with E-state index in [1.807, 2.05) is 12.1 Å². The number of hydrogen-bond acceptors (Lipinski definition) is 2. The number of likely N-dealkylation sites (N-methyl/N-ethyl adjacent to an activating group) is 1. The van der Waals surface area contributed by atoms with Crippen LogP contribution in [0.1, 0.15) is 34.7 Å². The molecule has 1 aliphatic rings. The van der Waals surface area contributed by atoms with Gasteiger partial charge in [0, 0.05) is 5.56 Å². The van der Waals surface area contributed by atoms with Gasteiger partial charge in [-0.3, -0.25) is 4.79 Å². The van der Waals surface area contributed by atoms with Crippen molar-refractivity contribution in [1.29, 1.82) is 0 Å². The molecule has 1 saturated carbocycles. The van der Waals surface area contributed by atoms with Gasteiger partial charge in [-0.2, -0.15) is 0 Å². The van der Waals surface area contributed by atoms with Crippen LogP contribution in [0, 0.1) is 0 Å². The first kappa shape index (κ1) is 9.41. The molecule has 0 unspecified atom stereocenters. The van der Waals surface area contributed by atoms with Crippen molar-refractivity contribution in [2.75, 3.05) is 13.6 Å². The summed E-state index contributed by atoms with van der Waals surface area (Å²) >= 11 is 0. The fourth-order valence-electron chi connectivity index (χ4n) is 1.62. The van der Waals surface area contributed by atoms with Crippen LogP contribution in [0.2, 0.25) is 0 Å². The van der Waals surface area contributed by atoms with Gasteiger partial charge in [-0.15, -0.1) is 0 Å². The smallest absolute Gasteiger partial charge is 0.176 e. The van der Waals surface area contributed by atoms with Crippen LogP contribution in [0.4, 0.5) is 0 Å². The summed E-state index contributed by atoms with van der Waals surface area (Å²) in [5.74, 6) is 0.929. The Morgan fingerprint density at radius 2 is 2.00 bits per heavy atom. The quantitative estimate of drug-likeness (QED) is 0.734. The van der Waals surface area contributed by atoms with E-state index in [4.69, 9.17) is 0 Å². The fraction of sp³-hybridized carbons (Fsp3) is 0.417. The zero-order chi connectivity index (χ0) is 9.97. The molecule has 1 N–H and O–H groups in total. The molecule has 1 aromatic rings. The largest absolute Gasteiger partial charge is 0.313 e. The second kappa shape index (κ2) is 3.93. The molecule has 2 nitrogen and oxygen atoms in total. The van der Waals surface area contributed by atoms with Crippen LogP contribution in [0.5, 0.6) is 0 Å². The van der Waals surface area contributed by atoms with Crippen LogP contribution in [0.25, 0.3) is 0 Å². The number of nitrogens with one attached hydrogen (secondary N) is 1. The van der Waals surface area contributed by atoms with Gasteiger partial charge in [0.05, 0.1) is 6.54 Å². The molecule has 0 radical (unpaired) electrons. The molecule has 0 spiro atoms. The van der Waals surface area contributed by atoms with Gasteiger partial charge in [0.2, 0.25) is 0 Å². The van der Waals surface area contributed by atoms with Gasteiger partial charge in [-0.1, -0.05) is 24.3 Å². The summed E-state index contributed by atoms with van der Waals surface area (Å²) in [4.78, 5) is 11.5. The molecule has 0 saturated heterocycles. The maximum atomic E-state index is 11.5. The van der Waals surface area contributed by atoms with Gasteiger partial charge in [0.25, 0.3) is 0 Å². The molecular weight excluding hydrogens is 174 g/mol. The Hall–Kier alpha value is -1.15. The van der Waals surface area contributed by atoms with E-state index in [9.17, 15) is 4.79 Å². The lowest BCUT2D eigenvalue weighted by molar-refractivity contribution is 0.0993. The van der Waals surface area contributed by atoms with Crippen LogP contribution in [-0.2, 0) is 0 Å². The summed E-state index contributed by atoms with van der Waals surface area (Å²) in [5, 5.41) is 2.87. The van der Waals surface area contributed by atoms with Crippen molar-refractivity contribution in [3.63, 3.8) is 0 Å². The highest BCUT2D eigenvalue weighted by Crippen LogP contribution is 2.39. The average Bonchev–Trinajstić information content (AvgIpc) is 3.02. The molecule has 14 heavy (non-hydrogen) atoms. The molecule has 1 aromatic carbocycles. The van der Waals surface area contributed by atoms with Gasteiger partial charge in [0.15, 0.2) is 5.78 Å². The van der Waals surface area contributed by atoms with E-state index in [0.717, 1.165) is 11.5 Å². The molecule has 2 heteroatoms. The molecule has 2 rings (SSSR count). The van der Waals surface area contributed by atoms with Crippen molar-refractivity contribution >= 4 is 5.78 Å². The minimum absolute atomic E-state index is 0.162. The van der Waals surface area contributed by atoms with Crippen molar-refractivity contribution in [2.45, 2.75) is 18.8 Å². The molecule has 0 aromatic heterocycles. The van der Waals surface area contributed by atoms with Crippen molar-refractivity contribution in [3.05, 3.63) is 35.4 Å². The molecule has 0 bridgehead atoms. The van der Waals surface area contributed by atoms with Crippen molar-refractivity contribution in [3.8, 4) is 0 Å². The summed E-state index contributed by atoms with van der Waals surface area (Å²) in [6.07, 6.45) is 2.62. The zero-order valence-electron chi connectivity index (χ0n) is 8.42. The van der Waals surface area contributed by atoms with E-state index in [0.29, 0.717) is 6.54 Å². The van der Waals surface area contributed by atoms with Crippen molar-refractivity contribution in [1.82, 2.24) is 5.32 Å². The molecule has 1 aliphatic carbocycles. The Labute approximate surface area is 84.3 Å². The third kappa shape index (κ3) is 2.02. The summed E-state index contributed by atoms with van der Waals surface area (Å²) < 4.78 is 0. The first-order valence-electron chi connectivity index (χ1n) is 5.09. The maximum absolute atomic E-state index is 11.5. The minimum Gasteiger partial charge on any atom is -0.313 e. The van der Waals surface area contributed by atoms with Crippen LogP contribution < -0.4 is 5.32 Å². The van der Waals surface area contributed by atoms with Crippen LogP contribution >= 0.6 is 0 Å². The lowest BCUT2D eigenvalue weighted by atomic mass is 10.1. The predicted octanol–water partition coefficient (Wildman–Crippen LogP) is 1.97. The van der Waals surface area contributed by atoms with E-state index >= 15 is 0 Å². The van der Waals surface area contributed by atoms with E-state index in [1.54, 1.807) is 7.05 Å². The van der Waals surface area contributed by atoms with Gasteiger partial charge in [-0.25, -0.2) is 0 Å². The molecule has 0 amide bonds. The Bertz CT molecular complexity index is 325. The van der Waals surface area contributed by atoms with Crippen LogP contribution in [0.15, 0.2) is 24.3 Å². The topological polar surface area (TPSA) is 29.1 Å². The molecule has 1 fully saturated rings. The van der Waals surface area contributed by atoms with E-state index < -0.39 is 0 Å². The van der Waals surface area contributed by atoms with Gasteiger partial charge < -0.3 is 5.32 Å². The predicted molar refractivity (Wildman–Crippen MR) is 56.7 cm³/mol. The average molecular weight is 189 g/mol. The van der Waals surface area contributed by atoms with Gasteiger partial charge in [-0.05, 0) is 31.4 Å². The number of hydrogen-bond donors (Lipinski definition) is 1. The Balaban J connectivity index is 2.08. The summed E-state index contributed by atoms with van der Waals surface area (Å²) in [6, 6.07) is 8.04. The number of rotatable bonds is 4. The molecular formula is C12H15NO. The second-order valence-corrected chi connectivity index (χ2v) is 3.85. The van der Waals surface area contributed by atoms with E-state index in [1.165, 1.54) is 18.4 Å². The number of carbonyl (C=O) groups is 1. The number of Topliss-reactive ketones (excluding diaryl/α,β-unsaturated/α-hetero) is 1. The first-order chi connectivity index (χ1) is 6.81. The van der Waals surface area contributed by atoms with Crippen LogP contribution in [0.3, 0.4) is 0 Å².